The number of benzene rings is 1. The molecule has 0 radical (unpaired) electrons. The van der Waals surface area contributed by atoms with Gasteiger partial charge in [0.1, 0.15) is 24.4 Å². The van der Waals surface area contributed by atoms with Crippen molar-refractivity contribution in [2.75, 3.05) is 13.2 Å². The molecule has 0 spiro atoms. The van der Waals surface area contributed by atoms with Crippen molar-refractivity contribution in [2.45, 2.75) is 69.2 Å². The third-order valence-electron chi connectivity index (χ3n) is 5.36. The van der Waals surface area contributed by atoms with E-state index < -0.39 is 43.4 Å². The number of rotatable bonds is 6. The summed E-state index contributed by atoms with van der Waals surface area (Å²) in [4.78, 5) is 0. The lowest BCUT2D eigenvalue weighted by Gasteiger charge is -2.29. The van der Waals surface area contributed by atoms with Crippen molar-refractivity contribution in [1.82, 2.24) is 0 Å². The van der Waals surface area contributed by atoms with Crippen LogP contribution in [0.4, 0.5) is 0 Å². The number of hydrogen-bond acceptors (Lipinski definition) is 6. The van der Waals surface area contributed by atoms with Gasteiger partial charge >= 0.3 is 0 Å². The third-order valence-corrected chi connectivity index (χ3v) is 5.36. The predicted molar refractivity (Wildman–Crippen MR) is 91.0 cm³/mol. The van der Waals surface area contributed by atoms with Crippen LogP contribution in [0, 0.1) is 0 Å². The lowest BCUT2D eigenvalue weighted by Crippen LogP contribution is -2.45. The van der Waals surface area contributed by atoms with Gasteiger partial charge in [-0.1, -0.05) is 25.1 Å². The maximum atomic E-state index is 10.1. The molecule has 4 N–H and O–H groups in total. The van der Waals surface area contributed by atoms with Crippen LogP contribution in [0.15, 0.2) is 18.2 Å². The van der Waals surface area contributed by atoms with Crippen LogP contribution in [-0.2, 0) is 28.1 Å². The van der Waals surface area contributed by atoms with Crippen LogP contribution in [0.5, 0.6) is 0 Å². The largest absolute Gasteiger partial charge is 0.394 e. The molecule has 1 aliphatic heterocycles. The van der Waals surface area contributed by atoms with Crippen molar-refractivity contribution < 1.29 is 29.9 Å². The van der Waals surface area contributed by atoms with Gasteiger partial charge in [-0.25, -0.2) is 0 Å². The Hall–Kier alpha value is -1.02. The summed E-state index contributed by atoms with van der Waals surface area (Å²) in [7, 11) is 0. The Balaban J connectivity index is 1.94. The molecule has 6 heteroatoms. The van der Waals surface area contributed by atoms with Crippen LogP contribution in [0.1, 0.15) is 42.9 Å². The van der Waals surface area contributed by atoms with Gasteiger partial charge in [-0.2, -0.15) is 0 Å². The van der Waals surface area contributed by atoms with Crippen molar-refractivity contribution in [3.63, 3.8) is 0 Å². The fourth-order valence-corrected chi connectivity index (χ4v) is 3.88. The summed E-state index contributed by atoms with van der Waals surface area (Å²) in [5.74, 6) is -1.10. The van der Waals surface area contributed by atoms with Gasteiger partial charge in [0.05, 0.1) is 13.2 Å². The van der Waals surface area contributed by atoms with E-state index in [9.17, 15) is 20.4 Å². The molecule has 4 atom stereocenters. The molecule has 2 aliphatic rings. The van der Waals surface area contributed by atoms with E-state index in [-0.39, 0.29) is 0 Å². The first-order valence-corrected chi connectivity index (χ1v) is 9.10. The Morgan fingerprint density at radius 2 is 1.56 bits per heavy atom. The minimum absolute atomic E-state index is 0.481. The molecule has 1 heterocycles. The van der Waals surface area contributed by atoms with E-state index in [0.29, 0.717) is 6.42 Å². The highest BCUT2D eigenvalue weighted by Crippen LogP contribution is 2.43. The highest BCUT2D eigenvalue weighted by Gasteiger charge is 2.52. The normalized spacial score (nSPS) is 27.7. The van der Waals surface area contributed by atoms with Crippen LogP contribution in [0.2, 0.25) is 0 Å². The molecule has 3 rings (SSSR count). The molecular formula is C19H28O6. The van der Waals surface area contributed by atoms with Gasteiger partial charge in [0.25, 0.3) is 0 Å². The van der Waals surface area contributed by atoms with E-state index in [1.165, 1.54) is 17.5 Å². The van der Waals surface area contributed by atoms with Crippen LogP contribution >= 0.6 is 0 Å². The van der Waals surface area contributed by atoms with Crippen LogP contribution in [0.25, 0.3) is 0 Å². The standard InChI is InChI=1S/C19H28O6/c1-2-19(14-8-7-12-5-3-4-6-13(12)9-14)24-17(15(22)10-20)18(25-19)16(23)11-21/h7-9,15-18,20-23H,2-6,10-11H2,1H3/t15-,16-,17-,18-/m1/s1. The van der Waals surface area contributed by atoms with E-state index in [1.54, 1.807) is 0 Å². The molecule has 6 nitrogen and oxygen atoms in total. The van der Waals surface area contributed by atoms with Crippen LogP contribution < -0.4 is 0 Å². The molecule has 0 amide bonds. The summed E-state index contributed by atoms with van der Waals surface area (Å²) in [5.41, 5.74) is 3.48. The summed E-state index contributed by atoms with van der Waals surface area (Å²) in [6.07, 6.45) is 0.723. The minimum atomic E-state index is -1.20. The van der Waals surface area contributed by atoms with E-state index in [4.69, 9.17) is 9.47 Å². The van der Waals surface area contributed by atoms with Gasteiger partial charge in [0.15, 0.2) is 5.79 Å². The third kappa shape index (κ3) is 3.47. The first-order chi connectivity index (χ1) is 12.0. The van der Waals surface area contributed by atoms with Gasteiger partial charge in [-0.05, 0) is 36.8 Å². The minimum Gasteiger partial charge on any atom is -0.394 e. The van der Waals surface area contributed by atoms with E-state index >= 15 is 0 Å². The first kappa shape index (κ1) is 18.8. The second kappa shape index (κ2) is 7.70. The maximum absolute atomic E-state index is 10.1. The number of fused-ring (bicyclic) bond motifs is 1. The molecule has 0 saturated carbocycles. The molecule has 0 unspecified atom stereocenters. The number of aryl methyl sites for hydroxylation is 2. The maximum Gasteiger partial charge on any atom is 0.195 e. The SMILES string of the molecule is CCC1(c2ccc3c(c2)CCCC3)O[C@H]([C@H](O)CO)[C@@H]([C@H](O)CO)O1. The monoisotopic (exact) mass is 352 g/mol. The summed E-state index contributed by atoms with van der Waals surface area (Å²) in [6, 6.07) is 6.17. The molecule has 1 aliphatic carbocycles. The lowest BCUT2D eigenvalue weighted by atomic mass is 9.88. The Morgan fingerprint density at radius 1 is 1.00 bits per heavy atom. The van der Waals surface area contributed by atoms with Gasteiger partial charge in [-0.3, -0.25) is 0 Å². The average Bonchev–Trinajstić information content (AvgIpc) is 3.07. The van der Waals surface area contributed by atoms with Crippen LogP contribution in [0.3, 0.4) is 0 Å². The highest BCUT2D eigenvalue weighted by atomic mass is 16.8. The van der Waals surface area contributed by atoms with Gasteiger partial charge < -0.3 is 29.9 Å². The summed E-state index contributed by atoms with van der Waals surface area (Å²) >= 11 is 0. The first-order valence-electron chi connectivity index (χ1n) is 9.10. The molecule has 140 valence electrons. The van der Waals surface area contributed by atoms with Gasteiger partial charge in [-0.15, -0.1) is 0 Å². The van der Waals surface area contributed by atoms with E-state index in [0.717, 1.165) is 24.8 Å². The molecule has 1 saturated heterocycles. The number of aliphatic hydroxyl groups is 4. The fraction of sp³-hybridized carbons (Fsp3) is 0.684. The Kier molecular flexibility index (Phi) is 5.78. The molecule has 1 aromatic carbocycles. The topological polar surface area (TPSA) is 99.4 Å². The fourth-order valence-electron chi connectivity index (χ4n) is 3.88. The molecular weight excluding hydrogens is 324 g/mol. The van der Waals surface area contributed by atoms with Crippen molar-refractivity contribution >= 4 is 0 Å². The zero-order valence-electron chi connectivity index (χ0n) is 14.6. The second-order valence-electron chi connectivity index (χ2n) is 6.96. The lowest BCUT2D eigenvalue weighted by molar-refractivity contribution is -0.200. The van der Waals surface area contributed by atoms with Gasteiger partial charge in [0, 0.05) is 12.0 Å². The second-order valence-corrected chi connectivity index (χ2v) is 6.96. The smallest absolute Gasteiger partial charge is 0.195 e. The Morgan fingerprint density at radius 3 is 2.08 bits per heavy atom. The van der Waals surface area contributed by atoms with Gasteiger partial charge in [0.2, 0.25) is 0 Å². The number of aliphatic hydroxyl groups excluding tert-OH is 4. The van der Waals surface area contributed by atoms with Crippen LogP contribution in [-0.4, -0.2) is 58.1 Å². The quantitative estimate of drug-likeness (QED) is 0.599. The molecule has 1 aromatic rings. The molecule has 0 bridgehead atoms. The van der Waals surface area contributed by atoms with Crippen molar-refractivity contribution in [2.24, 2.45) is 0 Å². The summed E-state index contributed by atoms with van der Waals surface area (Å²) in [6.45, 7) is 0.898. The summed E-state index contributed by atoms with van der Waals surface area (Å²) in [5, 5.41) is 38.8. The Labute approximate surface area is 148 Å². The van der Waals surface area contributed by atoms with E-state index in [2.05, 4.69) is 12.1 Å². The van der Waals surface area contributed by atoms with Crippen molar-refractivity contribution in [3.05, 3.63) is 34.9 Å². The number of ether oxygens (including phenoxy) is 2. The Bertz CT molecular complexity index is 571. The predicted octanol–water partition coefficient (Wildman–Crippen LogP) is 0.619. The van der Waals surface area contributed by atoms with Crippen molar-refractivity contribution in [1.29, 1.82) is 0 Å². The number of hydrogen-bond donors (Lipinski definition) is 4. The highest BCUT2D eigenvalue weighted by molar-refractivity contribution is 5.36. The summed E-state index contributed by atoms with van der Waals surface area (Å²) < 4.78 is 12.1. The average molecular weight is 352 g/mol. The van der Waals surface area contributed by atoms with E-state index in [1.807, 2.05) is 13.0 Å². The molecule has 1 fully saturated rings. The molecule has 0 aromatic heterocycles. The van der Waals surface area contributed by atoms with Crippen molar-refractivity contribution in [3.8, 4) is 0 Å². The molecule has 25 heavy (non-hydrogen) atoms. The zero-order valence-corrected chi connectivity index (χ0v) is 14.6. The zero-order chi connectivity index (χ0) is 18.0.